The number of alkyl halides is 1. The first-order valence-corrected chi connectivity index (χ1v) is 15.4. The second kappa shape index (κ2) is 19.7. The summed E-state index contributed by atoms with van der Waals surface area (Å²) in [5.41, 5.74) is 8.53. The summed E-state index contributed by atoms with van der Waals surface area (Å²) in [6.07, 6.45) is 12.6. The zero-order valence-corrected chi connectivity index (χ0v) is 27.7. The number of anilines is 1. The molecule has 1 amide bonds. The topological polar surface area (TPSA) is 61.4 Å². The first kappa shape index (κ1) is 36.7. The van der Waals surface area contributed by atoms with Crippen molar-refractivity contribution in [1.82, 2.24) is 19.8 Å². The molecule has 0 bridgehead atoms. The van der Waals surface area contributed by atoms with Crippen LogP contribution >= 0.6 is 0 Å². The van der Waals surface area contributed by atoms with Crippen LogP contribution in [0.3, 0.4) is 0 Å². The average molecular weight is 580 g/mol. The van der Waals surface area contributed by atoms with Crippen molar-refractivity contribution in [3.8, 4) is 11.3 Å². The summed E-state index contributed by atoms with van der Waals surface area (Å²) in [6, 6.07) is 6.05. The predicted octanol–water partition coefficient (Wildman–Crippen LogP) is 8.12. The summed E-state index contributed by atoms with van der Waals surface area (Å²) < 4.78 is 13.6. The van der Waals surface area contributed by atoms with Crippen molar-refractivity contribution in [3.63, 3.8) is 0 Å². The van der Waals surface area contributed by atoms with Crippen molar-refractivity contribution < 1.29 is 9.18 Å². The van der Waals surface area contributed by atoms with Gasteiger partial charge in [0.25, 0.3) is 0 Å². The number of amides is 1. The summed E-state index contributed by atoms with van der Waals surface area (Å²) in [5, 5.41) is 3.09. The van der Waals surface area contributed by atoms with Crippen LogP contribution in [0.15, 0.2) is 59.5 Å². The number of nitrogens with zero attached hydrogens (tertiary/aromatic N) is 4. The van der Waals surface area contributed by atoms with E-state index in [1.807, 2.05) is 84.4 Å². The molecule has 3 heterocycles. The SMILES string of the molecule is CC.CC.CC1=CC=C(C(=O)N(C)C)CC1.CNc1ccc(-c2ccnc(C)c2/C=C(\C)CN2CCCC(F)C2)nc1. The lowest BCUT2D eigenvalue weighted by molar-refractivity contribution is -0.124. The third-order valence-electron chi connectivity index (χ3n) is 6.87. The van der Waals surface area contributed by atoms with Crippen molar-refractivity contribution in [2.45, 2.75) is 80.3 Å². The van der Waals surface area contributed by atoms with E-state index in [-0.39, 0.29) is 5.91 Å². The van der Waals surface area contributed by atoms with Crippen molar-refractivity contribution in [1.29, 1.82) is 0 Å². The van der Waals surface area contributed by atoms with Gasteiger partial charge in [0, 0.05) is 62.8 Å². The molecule has 6 nitrogen and oxygen atoms in total. The largest absolute Gasteiger partial charge is 0.387 e. The molecule has 1 unspecified atom stereocenters. The van der Waals surface area contributed by atoms with Crippen LogP contribution in [0, 0.1) is 6.92 Å². The second-order valence-corrected chi connectivity index (χ2v) is 10.4. The first-order valence-electron chi connectivity index (χ1n) is 15.4. The Morgan fingerprint density at radius 1 is 1.10 bits per heavy atom. The van der Waals surface area contributed by atoms with E-state index in [1.54, 1.807) is 19.0 Å². The fourth-order valence-corrected chi connectivity index (χ4v) is 4.68. The molecule has 232 valence electrons. The molecule has 1 saturated heterocycles. The van der Waals surface area contributed by atoms with Gasteiger partial charge in [-0.15, -0.1) is 0 Å². The molecule has 1 aliphatic carbocycles. The highest BCUT2D eigenvalue weighted by Crippen LogP contribution is 2.27. The summed E-state index contributed by atoms with van der Waals surface area (Å²) in [7, 11) is 5.45. The average Bonchev–Trinajstić information content (AvgIpc) is 3.00. The molecule has 0 radical (unpaired) electrons. The fourth-order valence-electron chi connectivity index (χ4n) is 4.68. The van der Waals surface area contributed by atoms with E-state index in [9.17, 15) is 9.18 Å². The smallest absolute Gasteiger partial charge is 0.249 e. The minimum atomic E-state index is -0.692. The molecular formula is C35H54FN5O. The summed E-state index contributed by atoms with van der Waals surface area (Å²) in [5.74, 6) is 0.138. The van der Waals surface area contributed by atoms with Gasteiger partial charge in [-0.1, -0.05) is 57.1 Å². The maximum atomic E-state index is 13.6. The summed E-state index contributed by atoms with van der Waals surface area (Å²) in [4.78, 5) is 24.3. The Balaban J connectivity index is 0.000000462. The molecule has 0 saturated carbocycles. The highest BCUT2D eigenvalue weighted by molar-refractivity contribution is 5.93. The van der Waals surface area contributed by atoms with Crippen LogP contribution in [0.25, 0.3) is 17.3 Å². The fraction of sp³-hybridized carbons (Fsp3) is 0.514. The van der Waals surface area contributed by atoms with E-state index in [1.165, 1.54) is 11.1 Å². The Kier molecular flexibility index (Phi) is 17.2. The van der Waals surface area contributed by atoms with E-state index < -0.39 is 6.17 Å². The molecule has 7 heteroatoms. The van der Waals surface area contributed by atoms with Crippen LogP contribution in [0.5, 0.6) is 0 Å². The van der Waals surface area contributed by atoms with Crippen LogP contribution in [0.4, 0.5) is 10.1 Å². The molecule has 2 aromatic rings. The minimum absolute atomic E-state index is 0.138. The van der Waals surface area contributed by atoms with Crippen LogP contribution in [-0.4, -0.2) is 72.6 Å². The lowest BCUT2D eigenvalue weighted by atomic mass is 9.99. The number of hydrogen-bond donors (Lipinski definition) is 1. The molecule has 2 aromatic heterocycles. The summed E-state index contributed by atoms with van der Waals surface area (Å²) >= 11 is 0. The molecule has 0 aromatic carbocycles. The number of piperidine rings is 1. The van der Waals surface area contributed by atoms with Crippen molar-refractivity contribution in [2.24, 2.45) is 0 Å². The molecule has 2 aliphatic rings. The van der Waals surface area contributed by atoms with E-state index >= 15 is 0 Å². The van der Waals surface area contributed by atoms with Gasteiger partial charge >= 0.3 is 0 Å². The molecule has 42 heavy (non-hydrogen) atoms. The van der Waals surface area contributed by atoms with Crippen LogP contribution in [0.2, 0.25) is 0 Å². The van der Waals surface area contributed by atoms with Gasteiger partial charge in [-0.25, -0.2) is 4.39 Å². The van der Waals surface area contributed by atoms with Gasteiger partial charge in [-0.2, -0.15) is 0 Å². The molecule has 4 rings (SSSR count). The van der Waals surface area contributed by atoms with Crippen molar-refractivity contribution in [3.05, 3.63) is 70.7 Å². The molecule has 1 atom stereocenters. The number of carbonyl (C=O) groups is 1. The zero-order chi connectivity index (χ0) is 31.7. The number of carbonyl (C=O) groups excluding carboxylic acids is 1. The highest BCUT2D eigenvalue weighted by atomic mass is 19.1. The van der Waals surface area contributed by atoms with Gasteiger partial charge in [0.1, 0.15) is 6.17 Å². The minimum Gasteiger partial charge on any atom is -0.387 e. The van der Waals surface area contributed by atoms with Gasteiger partial charge in [-0.3, -0.25) is 19.7 Å². The molecule has 1 aliphatic heterocycles. The molecular weight excluding hydrogens is 525 g/mol. The van der Waals surface area contributed by atoms with Crippen LogP contribution in [0.1, 0.15) is 78.5 Å². The summed E-state index contributed by atoms with van der Waals surface area (Å²) in [6.45, 7) is 16.5. The van der Waals surface area contributed by atoms with E-state index in [0.717, 1.165) is 66.1 Å². The maximum Gasteiger partial charge on any atom is 0.249 e. The Bertz CT molecular complexity index is 1180. The number of pyridine rings is 2. The van der Waals surface area contributed by atoms with Crippen LogP contribution < -0.4 is 5.32 Å². The second-order valence-electron chi connectivity index (χ2n) is 10.4. The van der Waals surface area contributed by atoms with E-state index in [2.05, 4.69) is 40.1 Å². The monoisotopic (exact) mass is 579 g/mol. The lowest BCUT2D eigenvalue weighted by Crippen LogP contribution is -2.37. The number of rotatable bonds is 6. The number of aryl methyl sites for hydroxylation is 1. The Morgan fingerprint density at radius 2 is 1.81 bits per heavy atom. The number of aromatic nitrogens is 2. The maximum absolute atomic E-state index is 13.6. The first-order chi connectivity index (χ1) is 20.2. The number of halogens is 1. The van der Waals surface area contributed by atoms with Crippen LogP contribution in [-0.2, 0) is 4.79 Å². The van der Waals surface area contributed by atoms with Gasteiger partial charge < -0.3 is 10.2 Å². The number of likely N-dealkylation sites (N-methyl/N-ethyl adjacent to an activating group) is 1. The van der Waals surface area contributed by atoms with Gasteiger partial charge in [0.05, 0.1) is 17.6 Å². The van der Waals surface area contributed by atoms with Gasteiger partial charge in [0.15, 0.2) is 0 Å². The normalized spacial score (nSPS) is 16.6. The van der Waals surface area contributed by atoms with Crippen molar-refractivity contribution >= 4 is 17.7 Å². The standard InChI is InChI=1S/C21H27FN4.C10H15NO.2C2H6/c1-15(13-26-10-4-5-17(22)14-26)11-20-16(2)24-9-8-19(20)21-7-6-18(23-3)12-25-21;1-8-4-6-9(7-5-8)10(12)11(2)3;2*1-2/h6-9,11-12,17,23H,4-5,10,13-14H2,1-3H3;4,6H,5,7H2,1-3H3;2*1-2H3/b15-11+;;;. The van der Waals surface area contributed by atoms with E-state index in [4.69, 9.17) is 0 Å². The van der Waals surface area contributed by atoms with Crippen molar-refractivity contribution in [2.75, 3.05) is 46.1 Å². The highest BCUT2D eigenvalue weighted by Gasteiger charge is 2.19. The van der Waals surface area contributed by atoms with Gasteiger partial charge in [0.2, 0.25) is 5.91 Å². The Hall–Kier alpha value is -3.32. The number of hydrogen-bond acceptors (Lipinski definition) is 5. The quantitative estimate of drug-likeness (QED) is 0.374. The number of allylic oxidation sites excluding steroid dienone is 3. The number of nitrogens with one attached hydrogen (secondary N) is 1. The lowest BCUT2D eigenvalue weighted by Gasteiger charge is -2.29. The third kappa shape index (κ3) is 11.9. The number of likely N-dealkylation sites (tertiary alicyclic amines) is 1. The van der Waals surface area contributed by atoms with E-state index in [0.29, 0.717) is 13.0 Å². The van der Waals surface area contributed by atoms with Gasteiger partial charge in [-0.05, 0) is 71.2 Å². The molecule has 1 N–H and O–H groups in total. The Labute approximate surface area is 254 Å². The Morgan fingerprint density at radius 3 is 2.36 bits per heavy atom. The zero-order valence-electron chi connectivity index (χ0n) is 27.7. The third-order valence-corrected chi connectivity index (χ3v) is 6.87. The molecule has 1 fully saturated rings. The predicted molar refractivity (Wildman–Crippen MR) is 178 cm³/mol. The molecule has 0 spiro atoms.